The Morgan fingerprint density at radius 1 is 1.39 bits per heavy atom. The van der Waals surface area contributed by atoms with Crippen molar-refractivity contribution in [2.24, 2.45) is 17.8 Å². The highest BCUT2D eigenvalue weighted by Gasteiger charge is 2.40. The van der Waals surface area contributed by atoms with Crippen molar-refractivity contribution in [1.29, 1.82) is 0 Å². The highest BCUT2D eigenvalue weighted by Crippen LogP contribution is 2.36. The molecular formula is C13H23NO3S. The van der Waals surface area contributed by atoms with Crippen LogP contribution in [0.4, 0.5) is 0 Å². The molecule has 4 unspecified atom stereocenters. The number of thioether (sulfide) groups is 1. The lowest BCUT2D eigenvalue weighted by molar-refractivity contribution is -0.146. The normalized spacial score (nSPS) is 28.9. The average molecular weight is 273 g/mol. The van der Waals surface area contributed by atoms with Crippen LogP contribution in [0.3, 0.4) is 0 Å². The molecule has 1 fully saturated rings. The lowest BCUT2D eigenvalue weighted by Gasteiger charge is -2.16. The standard InChI is InChI=1S/C13H23NO3S/c1-8-6-10(11(7-8)13(16)17)12(15)14-5-4-9(2)18-3/h8-11H,4-7H2,1-3H3,(H,14,15)(H,16,17). The highest BCUT2D eigenvalue weighted by molar-refractivity contribution is 7.99. The smallest absolute Gasteiger partial charge is 0.307 e. The fraction of sp³-hybridized carbons (Fsp3) is 0.846. The van der Waals surface area contributed by atoms with Gasteiger partial charge in [-0.3, -0.25) is 9.59 Å². The number of hydrogen-bond donors (Lipinski definition) is 2. The number of hydrogen-bond acceptors (Lipinski definition) is 3. The third-order valence-electron chi connectivity index (χ3n) is 3.70. The number of rotatable bonds is 6. The second-order valence-electron chi connectivity index (χ2n) is 5.25. The lowest BCUT2D eigenvalue weighted by atomic mass is 9.95. The van der Waals surface area contributed by atoms with Crippen LogP contribution >= 0.6 is 11.8 Å². The Labute approximate surface area is 113 Å². The minimum Gasteiger partial charge on any atom is -0.481 e. The van der Waals surface area contributed by atoms with Gasteiger partial charge < -0.3 is 10.4 Å². The van der Waals surface area contributed by atoms with Gasteiger partial charge in [-0.15, -0.1) is 0 Å². The summed E-state index contributed by atoms with van der Waals surface area (Å²) in [4.78, 5) is 23.1. The van der Waals surface area contributed by atoms with Crippen LogP contribution < -0.4 is 5.32 Å². The first kappa shape index (κ1) is 15.3. The molecule has 0 saturated heterocycles. The maximum absolute atomic E-state index is 12.0. The summed E-state index contributed by atoms with van der Waals surface area (Å²) < 4.78 is 0. The predicted molar refractivity (Wildman–Crippen MR) is 73.6 cm³/mol. The van der Waals surface area contributed by atoms with Crippen molar-refractivity contribution in [1.82, 2.24) is 5.32 Å². The van der Waals surface area contributed by atoms with Crippen LogP contribution in [0.1, 0.15) is 33.1 Å². The fourth-order valence-electron chi connectivity index (χ4n) is 2.50. The molecule has 1 saturated carbocycles. The van der Waals surface area contributed by atoms with Gasteiger partial charge in [-0.1, -0.05) is 13.8 Å². The molecule has 1 aliphatic rings. The molecule has 4 nitrogen and oxygen atoms in total. The minimum absolute atomic E-state index is 0.0833. The van der Waals surface area contributed by atoms with Gasteiger partial charge in [0.15, 0.2) is 0 Å². The van der Waals surface area contributed by atoms with Crippen LogP contribution in [0.2, 0.25) is 0 Å². The van der Waals surface area contributed by atoms with Gasteiger partial charge in [0.2, 0.25) is 5.91 Å². The van der Waals surface area contributed by atoms with Crippen molar-refractivity contribution in [3.63, 3.8) is 0 Å². The SMILES string of the molecule is CSC(C)CCNC(=O)C1CC(C)CC1C(=O)O. The Morgan fingerprint density at radius 3 is 2.56 bits per heavy atom. The zero-order valence-electron chi connectivity index (χ0n) is 11.3. The second kappa shape index (κ2) is 7.02. The second-order valence-corrected chi connectivity index (χ2v) is 6.53. The van der Waals surface area contributed by atoms with Gasteiger partial charge in [0, 0.05) is 11.8 Å². The first-order valence-corrected chi connectivity index (χ1v) is 7.77. The van der Waals surface area contributed by atoms with Gasteiger partial charge in [0.25, 0.3) is 0 Å². The van der Waals surface area contributed by atoms with Gasteiger partial charge in [-0.2, -0.15) is 11.8 Å². The lowest BCUT2D eigenvalue weighted by Crippen LogP contribution is -2.36. The molecule has 18 heavy (non-hydrogen) atoms. The van der Waals surface area contributed by atoms with Crippen molar-refractivity contribution in [2.45, 2.75) is 38.4 Å². The molecule has 2 N–H and O–H groups in total. The van der Waals surface area contributed by atoms with E-state index >= 15 is 0 Å². The van der Waals surface area contributed by atoms with E-state index in [4.69, 9.17) is 5.11 Å². The van der Waals surface area contributed by atoms with E-state index in [9.17, 15) is 9.59 Å². The van der Waals surface area contributed by atoms with Crippen molar-refractivity contribution >= 4 is 23.6 Å². The summed E-state index contributed by atoms with van der Waals surface area (Å²) in [6.45, 7) is 4.77. The molecule has 0 aromatic carbocycles. The Balaban J connectivity index is 2.43. The third kappa shape index (κ3) is 4.19. The van der Waals surface area contributed by atoms with Crippen molar-refractivity contribution in [3.05, 3.63) is 0 Å². The van der Waals surface area contributed by atoms with Crippen LogP contribution in [-0.2, 0) is 9.59 Å². The molecule has 0 spiro atoms. The zero-order valence-corrected chi connectivity index (χ0v) is 12.1. The monoisotopic (exact) mass is 273 g/mol. The molecule has 1 aliphatic carbocycles. The van der Waals surface area contributed by atoms with Gasteiger partial charge in [0.05, 0.1) is 11.8 Å². The number of aliphatic carboxylic acids is 1. The van der Waals surface area contributed by atoms with Crippen LogP contribution in [0.15, 0.2) is 0 Å². The molecule has 5 heteroatoms. The molecule has 104 valence electrons. The topological polar surface area (TPSA) is 66.4 Å². The number of carboxylic acid groups (broad SMARTS) is 1. The van der Waals surface area contributed by atoms with Crippen LogP contribution in [0, 0.1) is 17.8 Å². The summed E-state index contributed by atoms with van der Waals surface area (Å²) in [5.74, 6) is -1.44. The largest absolute Gasteiger partial charge is 0.481 e. The van der Waals surface area contributed by atoms with Gasteiger partial charge in [-0.25, -0.2) is 0 Å². The van der Waals surface area contributed by atoms with E-state index in [0.29, 0.717) is 30.6 Å². The molecule has 1 rings (SSSR count). The fourth-order valence-corrected chi connectivity index (χ4v) is 2.86. The first-order valence-electron chi connectivity index (χ1n) is 6.49. The molecule has 0 aromatic rings. The maximum atomic E-state index is 12.0. The van der Waals surface area contributed by atoms with E-state index in [1.54, 1.807) is 11.8 Å². The predicted octanol–water partition coefficient (Wildman–Crippen LogP) is 1.99. The summed E-state index contributed by atoms with van der Waals surface area (Å²) in [7, 11) is 0. The van der Waals surface area contributed by atoms with Crippen molar-refractivity contribution in [2.75, 3.05) is 12.8 Å². The van der Waals surface area contributed by atoms with E-state index in [-0.39, 0.29) is 11.8 Å². The molecule has 0 radical (unpaired) electrons. The molecule has 4 atom stereocenters. The number of amides is 1. The summed E-state index contributed by atoms with van der Waals surface area (Å²) in [5, 5.41) is 12.5. The molecule has 1 amide bonds. The number of carbonyl (C=O) groups is 2. The molecular weight excluding hydrogens is 250 g/mol. The molecule has 0 aromatic heterocycles. The minimum atomic E-state index is -0.836. The Hall–Kier alpha value is -0.710. The van der Waals surface area contributed by atoms with Crippen LogP contribution in [0.5, 0.6) is 0 Å². The quantitative estimate of drug-likeness (QED) is 0.776. The van der Waals surface area contributed by atoms with Crippen LogP contribution in [-0.4, -0.2) is 35.0 Å². The third-order valence-corrected chi connectivity index (χ3v) is 4.75. The highest BCUT2D eigenvalue weighted by atomic mass is 32.2. The zero-order chi connectivity index (χ0) is 13.7. The molecule has 0 heterocycles. The summed E-state index contributed by atoms with van der Waals surface area (Å²) in [5.41, 5.74) is 0. The summed E-state index contributed by atoms with van der Waals surface area (Å²) in [6, 6.07) is 0. The Morgan fingerprint density at radius 2 is 2.00 bits per heavy atom. The van der Waals surface area contributed by atoms with E-state index in [2.05, 4.69) is 12.2 Å². The van der Waals surface area contributed by atoms with Gasteiger partial charge in [0.1, 0.15) is 0 Å². The van der Waals surface area contributed by atoms with E-state index in [1.165, 1.54) is 0 Å². The average Bonchev–Trinajstić information content (AvgIpc) is 2.71. The van der Waals surface area contributed by atoms with Crippen molar-refractivity contribution < 1.29 is 14.7 Å². The van der Waals surface area contributed by atoms with Crippen LogP contribution in [0.25, 0.3) is 0 Å². The molecule has 0 aliphatic heterocycles. The first-order chi connectivity index (χ1) is 8.45. The van der Waals surface area contributed by atoms with Gasteiger partial charge in [-0.05, 0) is 31.4 Å². The number of carboxylic acids is 1. The molecule has 0 bridgehead atoms. The Bertz CT molecular complexity index is 309. The van der Waals surface area contributed by atoms with E-state index in [0.717, 1.165) is 6.42 Å². The maximum Gasteiger partial charge on any atom is 0.307 e. The van der Waals surface area contributed by atoms with Crippen molar-refractivity contribution in [3.8, 4) is 0 Å². The Kier molecular flexibility index (Phi) is 5.99. The summed E-state index contributed by atoms with van der Waals surface area (Å²) in [6.07, 6.45) is 4.29. The number of nitrogens with one attached hydrogen (secondary N) is 1. The summed E-state index contributed by atoms with van der Waals surface area (Å²) >= 11 is 1.77. The van der Waals surface area contributed by atoms with E-state index < -0.39 is 11.9 Å². The van der Waals surface area contributed by atoms with Gasteiger partial charge >= 0.3 is 5.97 Å². The number of carbonyl (C=O) groups excluding carboxylic acids is 1. The van der Waals surface area contributed by atoms with E-state index in [1.807, 2.05) is 13.2 Å².